The highest BCUT2D eigenvalue weighted by atomic mass is 32.2. The number of nitrogens with one attached hydrogen (secondary N) is 1. The minimum Gasteiger partial charge on any atom is -0.323 e. The summed E-state index contributed by atoms with van der Waals surface area (Å²) >= 11 is 1.24. The van der Waals surface area contributed by atoms with Gasteiger partial charge in [0, 0.05) is 11.6 Å². The van der Waals surface area contributed by atoms with Crippen molar-refractivity contribution >= 4 is 34.1 Å². The molecule has 0 bridgehead atoms. The molecule has 1 heterocycles. The number of rotatable bonds is 4. The molecule has 0 aromatic heterocycles. The first-order chi connectivity index (χ1) is 12.3. The van der Waals surface area contributed by atoms with E-state index in [1.807, 2.05) is 44.2 Å². The van der Waals surface area contributed by atoms with Crippen molar-refractivity contribution in [1.82, 2.24) is 0 Å². The van der Waals surface area contributed by atoms with Gasteiger partial charge in [-0.2, -0.15) is 0 Å². The first kappa shape index (κ1) is 18.3. The van der Waals surface area contributed by atoms with Crippen molar-refractivity contribution in [2.45, 2.75) is 19.5 Å². The number of carbonyl (C=O) groups is 1. The number of hydrogen-bond donors (Lipinski definition) is 1. The molecule has 1 amide bonds. The number of amides is 1. The predicted octanol–water partition coefficient (Wildman–Crippen LogP) is 4.27. The average molecular weight is 373 g/mol. The summed E-state index contributed by atoms with van der Waals surface area (Å²) in [6.07, 6.45) is 0. The quantitative estimate of drug-likeness (QED) is 0.870. The normalized spacial score (nSPS) is 15.4. The lowest BCUT2D eigenvalue weighted by Gasteiger charge is -2.08. The minimum absolute atomic E-state index is 0.0393. The number of anilines is 1. The highest BCUT2D eigenvalue weighted by Gasteiger charge is 2.28. The molecule has 0 fully saturated rings. The summed E-state index contributed by atoms with van der Waals surface area (Å²) in [4.78, 5) is 21.3. The number of nitrogens with zero attached hydrogens (tertiary/aromatic N) is 2. The molecule has 0 saturated heterocycles. The van der Waals surface area contributed by atoms with Gasteiger partial charge < -0.3 is 5.32 Å². The Morgan fingerprint density at radius 2 is 1.85 bits per heavy atom. The molecule has 1 aliphatic rings. The molecular formula is C19H17F2N3OS. The lowest BCUT2D eigenvalue weighted by atomic mass is 10.1. The van der Waals surface area contributed by atoms with Crippen LogP contribution in [0.2, 0.25) is 0 Å². The van der Waals surface area contributed by atoms with Gasteiger partial charge in [-0.1, -0.05) is 42.1 Å². The summed E-state index contributed by atoms with van der Waals surface area (Å²) < 4.78 is 26.6. The van der Waals surface area contributed by atoms with Crippen molar-refractivity contribution in [3.63, 3.8) is 0 Å². The van der Waals surface area contributed by atoms with Gasteiger partial charge in [-0.3, -0.25) is 9.79 Å². The van der Waals surface area contributed by atoms with Gasteiger partial charge in [0.05, 0.1) is 17.2 Å². The van der Waals surface area contributed by atoms with Gasteiger partial charge in [0.2, 0.25) is 5.91 Å². The van der Waals surface area contributed by atoms with Crippen molar-refractivity contribution in [2.24, 2.45) is 9.98 Å². The Morgan fingerprint density at radius 1 is 1.12 bits per heavy atom. The molecule has 2 aromatic rings. The van der Waals surface area contributed by atoms with Crippen molar-refractivity contribution < 1.29 is 13.6 Å². The monoisotopic (exact) mass is 373 g/mol. The molecule has 3 rings (SSSR count). The molecule has 1 N–H and O–H groups in total. The summed E-state index contributed by atoms with van der Waals surface area (Å²) in [5.41, 5.74) is 1.02. The molecular weight excluding hydrogens is 356 g/mol. The van der Waals surface area contributed by atoms with E-state index < -0.39 is 23.2 Å². The third-order valence-corrected chi connectivity index (χ3v) is 4.52. The largest absolute Gasteiger partial charge is 0.323 e. The van der Waals surface area contributed by atoms with Crippen LogP contribution < -0.4 is 5.32 Å². The topological polar surface area (TPSA) is 53.8 Å². The molecule has 0 aliphatic carbocycles. The van der Waals surface area contributed by atoms with E-state index >= 15 is 0 Å². The van der Waals surface area contributed by atoms with Crippen LogP contribution in [0, 0.1) is 11.6 Å². The van der Waals surface area contributed by atoms with E-state index in [2.05, 4.69) is 15.3 Å². The molecule has 7 heteroatoms. The van der Waals surface area contributed by atoms with Gasteiger partial charge in [-0.25, -0.2) is 13.8 Å². The maximum Gasteiger partial charge on any atom is 0.234 e. The van der Waals surface area contributed by atoms with Crippen LogP contribution in [0.4, 0.5) is 14.5 Å². The standard InChI is InChI=1S/C19H17F2N3OS/c1-19(2)23-17(12-6-4-3-5-7-12)18(24-19)26-11-16(25)22-15-9-8-13(20)10-14(15)21/h3-10H,11H2,1-2H3,(H,22,25). The zero-order valence-corrected chi connectivity index (χ0v) is 15.1. The molecule has 2 aromatic carbocycles. The SMILES string of the molecule is CC1(C)N=C(SCC(=O)Nc2ccc(F)cc2F)C(c2ccccc2)=N1. The van der Waals surface area contributed by atoms with Gasteiger partial charge in [0.25, 0.3) is 0 Å². The fourth-order valence-corrected chi connectivity index (χ4v) is 3.37. The van der Waals surface area contributed by atoms with Crippen LogP contribution >= 0.6 is 11.8 Å². The van der Waals surface area contributed by atoms with Gasteiger partial charge in [0.1, 0.15) is 22.3 Å². The highest BCUT2D eigenvalue weighted by molar-refractivity contribution is 8.16. The number of aliphatic imine (C=N–C) groups is 2. The number of carbonyl (C=O) groups excluding carboxylic acids is 1. The van der Waals surface area contributed by atoms with Crippen LogP contribution in [0.5, 0.6) is 0 Å². The minimum atomic E-state index is -0.811. The van der Waals surface area contributed by atoms with E-state index in [0.717, 1.165) is 23.4 Å². The van der Waals surface area contributed by atoms with Gasteiger partial charge in [0.15, 0.2) is 0 Å². The van der Waals surface area contributed by atoms with Crippen LogP contribution in [-0.2, 0) is 4.79 Å². The second-order valence-electron chi connectivity index (χ2n) is 6.20. The zero-order valence-electron chi connectivity index (χ0n) is 14.3. The maximum absolute atomic E-state index is 13.6. The number of halogens is 2. The Hall–Kier alpha value is -2.54. The van der Waals surface area contributed by atoms with Crippen molar-refractivity contribution in [3.8, 4) is 0 Å². The third kappa shape index (κ3) is 4.35. The van der Waals surface area contributed by atoms with E-state index in [1.165, 1.54) is 17.8 Å². The fourth-order valence-electron chi connectivity index (χ4n) is 2.44. The van der Waals surface area contributed by atoms with Gasteiger partial charge in [-0.15, -0.1) is 0 Å². The summed E-state index contributed by atoms with van der Waals surface area (Å²) in [7, 11) is 0. The summed E-state index contributed by atoms with van der Waals surface area (Å²) in [6, 6.07) is 12.6. The number of thioether (sulfide) groups is 1. The van der Waals surface area contributed by atoms with E-state index in [1.54, 1.807) is 0 Å². The fraction of sp³-hybridized carbons (Fsp3) is 0.211. The van der Waals surface area contributed by atoms with Crippen LogP contribution in [-0.4, -0.2) is 28.1 Å². The molecule has 26 heavy (non-hydrogen) atoms. The maximum atomic E-state index is 13.6. The second-order valence-corrected chi connectivity index (χ2v) is 7.16. The first-order valence-electron chi connectivity index (χ1n) is 7.97. The van der Waals surface area contributed by atoms with E-state index in [-0.39, 0.29) is 11.4 Å². The number of hydrogen-bond acceptors (Lipinski definition) is 4. The van der Waals surface area contributed by atoms with Crippen LogP contribution in [0.25, 0.3) is 0 Å². The second kappa shape index (κ2) is 7.37. The summed E-state index contributed by atoms with van der Waals surface area (Å²) in [5, 5.41) is 3.10. The molecule has 0 atom stereocenters. The lowest BCUT2D eigenvalue weighted by Crippen LogP contribution is -2.18. The predicted molar refractivity (Wildman–Crippen MR) is 102 cm³/mol. The molecule has 134 valence electrons. The molecule has 0 unspecified atom stereocenters. The smallest absolute Gasteiger partial charge is 0.234 e. The molecule has 1 aliphatic heterocycles. The Kier molecular flexibility index (Phi) is 5.18. The van der Waals surface area contributed by atoms with Gasteiger partial charge >= 0.3 is 0 Å². The average Bonchev–Trinajstić information content (AvgIpc) is 2.91. The van der Waals surface area contributed by atoms with Crippen LogP contribution in [0.15, 0.2) is 58.5 Å². The van der Waals surface area contributed by atoms with Gasteiger partial charge in [-0.05, 0) is 26.0 Å². The molecule has 0 spiro atoms. The third-order valence-electron chi connectivity index (χ3n) is 3.56. The highest BCUT2D eigenvalue weighted by Crippen LogP contribution is 2.26. The van der Waals surface area contributed by atoms with Crippen LogP contribution in [0.1, 0.15) is 19.4 Å². The Labute approximate surface area is 154 Å². The number of benzene rings is 2. The first-order valence-corrected chi connectivity index (χ1v) is 8.96. The van der Waals surface area contributed by atoms with Crippen molar-refractivity contribution in [3.05, 3.63) is 65.7 Å². The Balaban J connectivity index is 1.68. The summed E-state index contributed by atoms with van der Waals surface area (Å²) in [5.74, 6) is -1.87. The molecule has 0 radical (unpaired) electrons. The molecule has 0 saturated carbocycles. The van der Waals surface area contributed by atoms with Crippen molar-refractivity contribution in [2.75, 3.05) is 11.1 Å². The van der Waals surface area contributed by atoms with Crippen molar-refractivity contribution in [1.29, 1.82) is 0 Å². The Morgan fingerprint density at radius 3 is 2.54 bits per heavy atom. The van der Waals surface area contributed by atoms with E-state index in [4.69, 9.17) is 0 Å². The Bertz CT molecular complexity index is 895. The zero-order chi connectivity index (χ0) is 18.7. The van der Waals surface area contributed by atoms with E-state index in [0.29, 0.717) is 5.04 Å². The van der Waals surface area contributed by atoms with E-state index in [9.17, 15) is 13.6 Å². The molecule has 4 nitrogen and oxygen atoms in total. The van der Waals surface area contributed by atoms with Crippen LogP contribution in [0.3, 0.4) is 0 Å². The summed E-state index contributed by atoms with van der Waals surface area (Å²) in [6.45, 7) is 3.77. The lowest BCUT2D eigenvalue weighted by molar-refractivity contribution is -0.113.